The third kappa shape index (κ3) is 5.02. The minimum atomic E-state index is -0.199. The number of fused-ring (bicyclic) bond motifs is 4. The van der Waals surface area contributed by atoms with E-state index >= 15 is 0 Å². The first-order chi connectivity index (χ1) is 24.8. The number of hydrogen-bond acceptors (Lipinski definition) is 2. The largest absolute Gasteiger partial charge is 0.312 e. The minimum absolute atomic E-state index is 0.154. The standard InChI is InChI=1S/C48H41BN2/c1-32-19-24-39(25-20-32)51-44-27-21-33(2)29-43(44)49-42-26-23-36(31-41(42)48(4,5)46-34(3)22-28-45(51)47(46)49)35-13-12-18-40(30-35)50(37-14-8-6-9-15-37)38-16-10-7-11-17-38/h6-31H,1-5H3. The summed E-state index contributed by atoms with van der Waals surface area (Å²) in [5.74, 6) is 0. The third-order valence-electron chi connectivity index (χ3n) is 11.1. The number of rotatable bonds is 5. The van der Waals surface area contributed by atoms with E-state index in [1.807, 2.05) is 0 Å². The van der Waals surface area contributed by atoms with Crippen molar-refractivity contribution >= 4 is 57.2 Å². The molecule has 0 N–H and O–H groups in total. The lowest BCUT2D eigenvalue weighted by Gasteiger charge is -2.46. The fourth-order valence-electron chi connectivity index (χ4n) is 8.81. The van der Waals surface area contributed by atoms with Gasteiger partial charge >= 0.3 is 0 Å². The zero-order chi connectivity index (χ0) is 34.9. The van der Waals surface area contributed by atoms with E-state index in [2.05, 4.69) is 202 Å². The van der Waals surface area contributed by atoms with Crippen LogP contribution in [-0.4, -0.2) is 6.71 Å². The van der Waals surface area contributed by atoms with Gasteiger partial charge in [0, 0.05) is 39.5 Å². The molecule has 7 aromatic carbocycles. The van der Waals surface area contributed by atoms with Gasteiger partial charge < -0.3 is 9.80 Å². The molecule has 0 radical (unpaired) electrons. The highest BCUT2D eigenvalue weighted by Crippen LogP contribution is 2.45. The quantitative estimate of drug-likeness (QED) is 0.170. The molecule has 9 rings (SSSR count). The van der Waals surface area contributed by atoms with Crippen molar-refractivity contribution in [3.8, 4) is 11.1 Å². The number of para-hydroxylation sites is 2. The Hall–Kier alpha value is -5.80. The van der Waals surface area contributed by atoms with Gasteiger partial charge in [0.25, 0.3) is 0 Å². The van der Waals surface area contributed by atoms with E-state index in [0.29, 0.717) is 0 Å². The molecule has 7 aromatic rings. The molecule has 0 amide bonds. The Morgan fingerprint density at radius 3 is 1.84 bits per heavy atom. The van der Waals surface area contributed by atoms with Gasteiger partial charge in [-0.3, -0.25) is 0 Å². The Balaban J connectivity index is 1.22. The number of benzene rings is 7. The Kier molecular flexibility index (Phi) is 7.29. The van der Waals surface area contributed by atoms with E-state index in [9.17, 15) is 0 Å². The molecule has 246 valence electrons. The maximum Gasteiger partial charge on any atom is 0.247 e. The topological polar surface area (TPSA) is 6.48 Å². The van der Waals surface area contributed by atoms with Crippen LogP contribution in [0.1, 0.15) is 41.7 Å². The Bertz CT molecular complexity index is 2390. The highest BCUT2D eigenvalue weighted by molar-refractivity contribution is 6.99. The summed E-state index contributed by atoms with van der Waals surface area (Å²) in [6.45, 7) is 11.7. The van der Waals surface area contributed by atoms with E-state index in [4.69, 9.17) is 0 Å². The molecule has 0 unspecified atom stereocenters. The van der Waals surface area contributed by atoms with Crippen LogP contribution >= 0.6 is 0 Å². The second-order valence-corrected chi connectivity index (χ2v) is 14.8. The Morgan fingerprint density at radius 2 is 1.14 bits per heavy atom. The number of nitrogens with zero attached hydrogens (tertiary/aromatic N) is 2. The summed E-state index contributed by atoms with van der Waals surface area (Å²) in [4.78, 5) is 4.84. The molecule has 3 heteroatoms. The van der Waals surface area contributed by atoms with Crippen LogP contribution in [0, 0.1) is 20.8 Å². The zero-order valence-electron chi connectivity index (χ0n) is 30.0. The number of hydrogen-bond donors (Lipinski definition) is 0. The van der Waals surface area contributed by atoms with Crippen LogP contribution < -0.4 is 26.2 Å². The van der Waals surface area contributed by atoms with Crippen molar-refractivity contribution in [2.24, 2.45) is 0 Å². The summed E-state index contributed by atoms with van der Waals surface area (Å²) in [7, 11) is 0. The summed E-state index contributed by atoms with van der Waals surface area (Å²) in [5.41, 5.74) is 20.4. The van der Waals surface area contributed by atoms with Crippen molar-refractivity contribution < 1.29 is 0 Å². The van der Waals surface area contributed by atoms with Gasteiger partial charge in [-0.1, -0.05) is 127 Å². The van der Waals surface area contributed by atoms with Gasteiger partial charge in [0.15, 0.2) is 0 Å². The number of aryl methyl sites for hydroxylation is 3. The molecule has 2 aliphatic rings. The highest BCUT2D eigenvalue weighted by Gasteiger charge is 2.46. The molecule has 0 fully saturated rings. The average molecular weight is 657 g/mol. The van der Waals surface area contributed by atoms with Gasteiger partial charge in [-0.2, -0.15) is 0 Å². The molecule has 0 bridgehead atoms. The first-order valence-electron chi connectivity index (χ1n) is 18.1. The maximum atomic E-state index is 2.50. The van der Waals surface area contributed by atoms with Crippen molar-refractivity contribution in [3.05, 3.63) is 186 Å². The Labute approximate surface area is 302 Å². The monoisotopic (exact) mass is 656 g/mol. The fourth-order valence-corrected chi connectivity index (χ4v) is 8.81. The van der Waals surface area contributed by atoms with E-state index in [0.717, 1.165) is 17.1 Å². The van der Waals surface area contributed by atoms with Crippen LogP contribution in [-0.2, 0) is 5.41 Å². The molecule has 0 atom stereocenters. The summed E-state index contributed by atoms with van der Waals surface area (Å²) in [5, 5.41) is 0. The summed E-state index contributed by atoms with van der Waals surface area (Å²) >= 11 is 0. The first kappa shape index (κ1) is 31.2. The van der Waals surface area contributed by atoms with Gasteiger partial charge in [0.2, 0.25) is 6.71 Å². The smallest absolute Gasteiger partial charge is 0.247 e. The minimum Gasteiger partial charge on any atom is -0.312 e. The van der Waals surface area contributed by atoms with Crippen LogP contribution in [0.5, 0.6) is 0 Å². The van der Waals surface area contributed by atoms with Crippen molar-refractivity contribution in [1.82, 2.24) is 0 Å². The van der Waals surface area contributed by atoms with Crippen LogP contribution in [0.4, 0.5) is 34.1 Å². The molecule has 0 saturated carbocycles. The van der Waals surface area contributed by atoms with Crippen LogP contribution in [0.2, 0.25) is 0 Å². The highest BCUT2D eigenvalue weighted by atomic mass is 15.2. The number of anilines is 6. The molecule has 0 aliphatic carbocycles. The van der Waals surface area contributed by atoms with Crippen LogP contribution in [0.3, 0.4) is 0 Å². The van der Waals surface area contributed by atoms with E-state index in [-0.39, 0.29) is 12.1 Å². The van der Waals surface area contributed by atoms with Crippen molar-refractivity contribution in [2.75, 3.05) is 9.80 Å². The maximum absolute atomic E-state index is 2.50. The fraction of sp³-hybridized carbons (Fsp3) is 0.125. The predicted molar refractivity (Wildman–Crippen MR) is 219 cm³/mol. The van der Waals surface area contributed by atoms with Gasteiger partial charge in [0.1, 0.15) is 0 Å². The van der Waals surface area contributed by atoms with Crippen LogP contribution in [0.25, 0.3) is 11.1 Å². The van der Waals surface area contributed by atoms with E-state index < -0.39 is 0 Å². The van der Waals surface area contributed by atoms with E-state index in [1.54, 1.807) is 0 Å². The van der Waals surface area contributed by atoms with Gasteiger partial charge in [-0.25, -0.2) is 0 Å². The third-order valence-corrected chi connectivity index (χ3v) is 11.1. The lowest BCUT2D eigenvalue weighted by atomic mass is 9.30. The SMILES string of the molecule is Cc1ccc(N2c3ccc(C)cc3B3c4ccc(-c5cccc(N(c6ccccc6)c6ccccc6)c5)cc4C(C)(C)c4c(C)ccc2c43)cc1. The average Bonchev–Trinajstić information content (AvgIpc) is 3.15. The summed E-state index contributed by atoms with van der Waals surface area (Å²) in [6, 6.07) is 58.3. The van der Waals surface area contributed by atoms with Crippen molar-refractivity contribution in [1.29, 1.82) is 0 Å². The lowest BCUT2D eigenvalue weighted by Crippen LogP contribution is -2.64. The second kappa shape index (κ2) is 11.9. The molecule has 2 nitrogen and oxygen atoms in total. The predicted octanol–water partition coefficient (Wildman–Crippen LogP) is 10.7. The molecule has 51 heavy (non-hydrogen) atoms. The van der Waals surface area contributed by atoms with Crippen molar-refractivity contribution in [3.63, 3.8) is 0 Å². The molecule has 0 aromatic heterocycles. The molecular formula is C48H41BN2. The zero-order valence-corrected chi connectivity index (χ0v) is 30.0. The Morgan fingerprint density at radius 1 is 0.510 bits per heavy atom. The molecular weight excluding hydrogens is 615 g/mol. The molecule has 2 heterocycles. The molecule has 2 aliphatic heterocycles. The van der Waals surface area contributed by atoms with Gasteiger partial charge in [-0.05, 0) is 120 Å². The second-order valence-electron chi connectivity index (χ2n) is 14.8. The summed E-state index contributed by atoms with van der Waals surface area (Å²) in [6.07, 6.45) is 0. The van der Waals surface area contributed by atoms with Crippen LogP contribution in [0.15, 0.2) is 158 Å². The summed E-state index contributed by atoms with van der Waals surface area (Å²) < 4.78 is 0. The van der Waals surface area contributed by atoms with Crippen molar-refractivity contribution in [2.45, 2.75) is 40.0 Å². The molecule has 0 saturated heterocycles. The lowest BCUT2D eigenvalue weighted by molar-refractivity contribution is 0.641. The first-order valence-corrected chi connectivity index (χ1v) is 18.1. The van der Waals surface area contributed by atoms with Gasteiger partial charge in [0.05, 0.1) is 0 Å². The normalized spacial score (nSPS) is 13.7. The van der Waals surface area contributed by atoms with Gasteiger partial charge in [-0.15, -0.1) is 0 Å². The van der Waals surface area contributed by atoms with E-state index in [1.165, 1.54) is 72.4 Å². The molecule has 0 spiro atoms.